The average Bonchev–Trinajstić information content (AvgIpc) is 2.66. The minimum absolute atomic E-state index is 0.0174. The number of carbonyl (C=O) groups is 1. The number of piperidine rings is 2. The van der Waals surface area contributed by atoms with Crippen molar-refractivity contribution in [2.45, 2.75) is 38.1 Å². The van der Waals surface area contributed by atoms with Crippen LogP contribution in [0.25, 0.3) is 0 Å². The first-order valence-electron chi connectivity index (χ1n) is 9.62. The van der Waals surface area contributed by atoms with Crippen molar-refractivity contribution < 1.29 is 9.53 Å². The number of amides is 2. The Morgan fingerprint density at radius 1 is 1.20 bits per heavy atom. The van der Waals surface area contributed by atoms with Gasteiger partial charge in [0.05, 0.1) is 6.61 Å². The van der Waals surface area contributed by atoms with Crippen LogP contribution in [0.3, 0.4) is 0 Å². The van der Waals surface area contributed by atoms with Gasteiger partial charge >= 0.3 is 6.03 Å². The lowest BCUT2D eigenvalue weighted by Gasteiger charge is -2.45. The van der Waals surface area contributed by atoms with Crippen molar-refractivity contribution in [3.05, 3.63) is 30.3 Å². The molecular weight excluding hydrogens is 314 g/mol. The van der Waals surface area contributed by atoms with Gasteiger partial charge in [0.25, 0.3) is 0 Å². The van der Waals surface area contributed by atoms with Crippen molar-refractivity contribution in [2.75, 3.05) is 45.2 Å². The van der Waals surface area contributed by atoms with Crippen LogP contribution >= 0.6 is 0 Å². The zero-order valence-electron chi connectivity index (χ0n) is 15.3. The summed E-state index contributed by atoms with van der Waals surface area (Å²) in [7, 11) is 1.69. The number of fused-ring (bicyclic) bond motifs is 1. The van der Waals surface area contributed by atoms with Crippen LogP contribution in [0.4, 0.5) is 10.5 Å². The van der Waals surface area contributed by atoms with Crippen molar-refractivity contribution in [3.8, 4) is 0 Å². The summed E-state index contributed by atoms with van der Waals surface area (Å²) in [5.41, 5.74) is 0.845. The Morgan fingerprint density at radius 2 is 2.00 bits per heavy atom. The number of hydrogen-bond donors (Lipinski definition) is 1. The molecule has 25 heavy (non-hydrogen) atoms. The number of ether oxygens (including phenoxy) is 1. The van der Waals surface area contributed by atoms with Gasteiger partial charge in [-0.05, 0) is 56.8 Å². The lowest BCUT2D eigenvalue weighted by atomic mass is 9.83. The summed E-state index contributed by atoms with van der Waals surface area (Å²) in [6.45, 7) is 4.50. The standard InChI is InChI=1S/C20H31N3O2/c1-25-15-14-23(20(24)21-18-9-3-2-4-10-18)16-17-8-7-13-22-12-6-5-11-19(17)22/h2-4,9-10,17,19H,5-8,11-16H2,1H3,(H,21,24). The summed E-state index contributed by atoms with van der Waals surface area (Å²) in [6.07, 6.45) is 6.41. The summed E-state index contributed by atoms with van der Waals surface area (Å²) in [5.74, 6) is 0.576. The van der Waals surface area contributed by atoms with Gasteiger partial charge in [0.1, 0.15) is 0 Å². The highest BCUT2D eigenvalue weighted by Gasteiger charge is 2.34. The van der Waals surface area contributed by atoms with Crippen molar-refractivity contribution >= 4 is 11.7 Å². The average molecular weight is 345 g/mol. The van der Waals surface area contributed by atoms with E-state index in [4.69, 9.17) is 4.74 Å². The van der Waals surface area contributed by atoms with Crippen molar-refractivity contribution in [2.24, 2.45) is 5.92 Å². The third-order valence-electron chi connectivity index (χ3n) is 5.56. The minimum atomic E-state index is -0.0174. The van der Waals surface area contributed by atoms with E-state index in [1.54, 1.807) is 7.11 Å². The number of anilines is 1. The minimum Gasteiger partial charge on any atom is -0.383 e. The van der Waals surface area contributed by atoms with Gasteiger partial charge in [-0.15, -0.1) is 0 Å². The molecule has 0 bridgehead atoms. The molecule has 3 rings (SSSR count). The summed E-state index contributed by atoms with van der Waals surface area (Å²) < 4.78 is 5.24. The lowest BCUT2D eigenvalue weighted by Crippen LogP contribution is -2.52. The van der Waals surface area contributed by atoms with Crippen LogP contribution < -0.4 is 5.32 Å². The van der Waals surface area contributed by atoms with Gasteiger partial charge in [-0.1, -0.05) is 24.6 Å². The number of urea groups is 1. The molecule has 0 radical (unpaired) electrons. The third-order valence-corrected chi connectivity index (χ3v) is 5.56. The Hall–Kier alpha value is -1.59. The molecule has 1 aromatic carbocycles. The Bertz CT molecular complexity index is 535. The molecule has 0 saturated carbocycles. The second-order valence-electron chi connectivity index (χ2n) is 7.24. The molecule has 2 unspecified atom stereocenters. The fraction of sp³-hybridized carbons (Fsp3) is 0.650. The first-order valence-corrected chi connectivity index (χ1v) is 9.62. The van der Waals surface area contributed by atoms with E-state index >= 15 is 0 Å². The summed E-state index contributed by atoms with van der Waals surface area (Å²) in [5, 5.41) is 3.03. The number of rotatable bonds is 6. The zero-order valence-corrected chi connectivity index (χ0v) is 15.3. The van der Waals surface area contributed by atoms with E-state index in [2.05, 4.69) is 10.2 Å². The number of benzene rings is 1. The van der Waals surface area contributed by atoms with E-state index in [9.17, 15) is 4.79 Å². The molecular formula is C20H31N3O2. The third kappa shape index (κ3) is 4.95. The zero-order chi connectivity index (χ0) is 17.5. The number of carbonyl (C=O) groups excluding carboxylic acids is 1. The van der Waals surface area contributed by atoms with Crippen molar-refractivity contribution in [1.29, 1.82) is 0 Å². The lowest BCUT2D eigenvalue weighted by molar-refractivity contribution is 0.0433. The maximum atomic E-state index is 12.8. The Morgan fingerprint density at radius 3 is 2.80 bits per heavy atom. The van der Waals surface area contributed by atoms with Crippen LogP contribution in [-0.2, 0) is 4.74 Å². The highest BCUT2D eigenvalue weighted by Crippen LogP contribution is 2.31. The Balaban J connectivity index is 1.64. The van der Waals surface area contributed by atoms with Crippen LogP contribution in [0.5, 0.6) is 0 Å². The molecule has 5 nitrogen and oxygen atoms in total. The van der Waals surface area contributed by atoms with Gasteiger partial charge in [0.2, 0.25) is 0 Å². The van der Waals surface area contributed by atoms with Crippen LogP contribution in [0, 0.1) is 5.92 Å². The Labute approximate surface area is 151 Å². The molecule has 1 N–H and O–H groups in total. The van der Waals surface area contributed by atoms with Crippen LogP contribution in [0.15, 0.2) is 30.3 Å². The van der Waals surface area contributed by atoms with Crippen LogP contribution in [-0.4, -0.2) is 61.8 Å². The van der Waals surface area contributed by atoms with Crippen molar-refractivity contribution in [3.63, 3.8) is 0 Å². The van der Waals surface area contributed by atoms with Gasteiger partial charge in [0, 0.05) is 31.9 Å². The molecule has 2 aliphatic heterocycles. The second-order valence-corrected chi connectivity index (χ2v) is 7.24. The molecule has 2 atom stereocenters. The van der Waals surface area contributed by atoms with E-state index in [0.29, 0.717) is 25.1 Å². The first kappa shape index (κ1) is 18.2. The topological polar surface area (TPSA) is 44.8 Å². The fourth-order valence-electron chi connectivity index (χ4n) is 4.27. The number of hydrogen-bond acceptors (Lipinski definition) is 3. The Kier molecular flexibility index (Phi) is 6.70. The largest absolute Gasteiger partial charge is 0.383 e. The maximum Gasteiger partial charge on any atom is 0.321 e. The molecule has 0 aromatic heterocycles. The number of nitrogens with zero attached hydrogens (tertiary/aromatic N) is 2. The predicted molar refractivity (Wildman–Crippen MR) is 101 cm³/mol. The highest BCUT2D eigenvalue weighted by atomic mass is 16.5. The van der Waals surface area contributed by atoms with Crippen LogP contribution in [0.1, 0.15) is 32.1 Å². The van der Waals surface area contributed by atoms with Gasteiger partial charge < -0.3 is 19.9 Å². The summed E-state index contributed by atoms with van der Waals surface area (Å²) >= 11 is 0. The maximum absolute atomic E-state index is 12.8. The molecule has 2 heterocycles. The fourth-order valence-corrected chi connectivity index (χ4v) is 4.27. The summed E-state index contributed by atoms with van der Waals surface area (Å²) in [4.78, 5) is 17.4. The number of methoxy groups -OCH3 is 1. The molecule has 138 valence electrons. The second kappa shape index (κ2) is 9.20. The number of para-hydroxylation sites is 1. The molecule has 2 fully saturated rings. The first-order chi connectivity index (χ1) is 12.3. The van der Waals surface area contributed by atoms with Gasteiger partial charge in [-0.2, -0.15) is 0 Å². The van der Waals surface area contributed by atoms with E-state index in [1.165, 1.54) is 45.2 Å². The number of nitrogens with one attached hydrogen (secondary N) is 1. The van der Waals surface area contributed by atoms with E-state index < -0.39 is 0 Å². The molecule has 0 aliphatic carbocycles. The summed E-state index contributed by atoms with van der Waals surface area (Å²) in [6, 6.07) is 10.3. The molecule has 0 spiro atoms. The normalized spacial score (nSPS) is 23.7. The van der Waals surface area contributed by atoms with Crippen LogP contribution in [0.2, 0.25) is 0 Å². The molecule has 2 saturated heterocycles. The van der Waals surface area contributed by atoms with E-state index in [-0.39, 0.29) is 6.03 Å². The van der Waals surface area contributed by atoms with E-state index in [1.807, 2.05) is 35.2 Å². The molecule has 2 aliphatic rings. The smallest absolute Gasteiger partial charge is 0.321 e. The monoisotopic (exact) mass is 345 g/mol. The molecule has 1 aromatic rings. The predicted octanol–water partition coefficient (Wildman–Crippen LogP) is 3.43. The van der Waals surface area contributed by atoms with Gasteiger partial charge in [-0.25, -0.2) is 4.79 Å². The SMILES string of the molecule is COCCN(CC1CCCN2CCCCC12)C(=O)Nc1ccccc1. The molecule has 2 amide bonds. The van der Waals surface area contributed by atoms with Gasteiger partial charge in [-0.3, -0.25) is 0 Å². The highest BCUT2D eigenvalue weighted by molar-refractivity contribution is 5.89. The quantitative estimate of drug-likeness (QED) is 0.859. The van der Waals surface area contributed by atoms with Crippen molar-refractivity contribution in [1.82, 2.24) is 9.80 Å². The molecule has 5 heteroatoms. The van der Waals surface area contributed by atoms with Gasteiger partial charge in [0.15, 0.2) is 0 Å². The van der Waals surface area contributed by atoms with E-state index in [0.717, 1.165) is 12.2 Å².